The molecule has 27 heavy (non-hydrogen) atoms. The van der Waals surface area contributed by atoms with Crippen LogP contribution in [0.2, 0.25) is 0 Å². The van der Waals surface area contributed by atoms with Crippen molar-refractivity contribution in [2.75, 3.05) is 18.4 Å². The number of aromatic nitrogens is 2. The molecule has 1 saturated heterocycles. The second-order valence-corrected chi connectivity index (χ2v) is 8.42. The third-order valence-corrected chi connectivity index (χ3v) is 5.41. The number of benzene rings is 1. The van der Waals surface area contributed by atoms with Crippen molar-refractivity contribution >= 4 is 17.5 Å². The molecule has 2 aliphatic heterocycles. The molecule has 0 unspecified atom stereocenters. The van der Waals surface area contributed by atoms with Crippen LogP contribution >= 0.6 is 0 Å². The molecule has 2 aromatic rings. The average Bonchev–Trinajstić information content (AvgIpc) is 3.12. The fraction of sp³-hybridized carbons (Fsp3) is 0.450. The van der Waals surface area contributed by atoms with Gasteiger partial charge in [0.15, 0.2) is 0 Å². The number of carbonyl (C=O) groups excluding carboxylic acids is 2. The average molecular weight is 367 g/mol. The predicted octanol–water partition coefficient (Wildman–Crippen LogP) is 2.50. The monoisotopic (exact) mass is 367 g/mol. The molecule has 7 heteroatoms. The van der Waals surface area contributed by atoms with Gasteiger partial charge in [-0.05, 0) is 18.2 Å². The number of piperidine rings is 1. The first-order valence-electron chi connectivity index (χ1n) is 9.32. The number of rotatable bonds is 1. The summed E-state index contributed by atoms with van der Waals surface area (Å²) < 4.78 is 0. The molecule has 1 spiro atoms. The quantitative estimate of drug-likeness (QED) is 0.722. The van der Waals surface area contributed by atoms with Gasteiger partial charge in [0.1, 0.15) is 11.4 Å². The molecule has 0 radical (unpaired) electrons. The lowest BCUT2D eigenvalue weighted by molar-refractivity contribution is 0.0634. The molecule has 1 fully saturated rings. The fourth-order valence-corrected chi connectivity index (χ4v) is 3.68. The second-order valence-electron chi connectivity index (χ2n) is 8.42. The summed E-state index contributed by atoms with van der Waals surface area (Å²) in [6.07, 6.45) is 1.30. The van der Waals surface area contributed by atoms with E-state index in [1.165, 1.54) is 0 Å². The van der Waals surface area contributed by atoms with Gasteiger partial charge in [0.25, 0.3) is 11.8 Å². The Kier molecular flexibility index (Phi) is 3.98. The van der Waals surface area contributed by atoms with Crippen LogP contribution in [0.3, 0.4) is 0 Å². The fourth-order valence-electron chi connectivity index (χ4n) is 3.68. The zero-order valence-electron chi connectivity index (χ0n) is 15.9. The van der Waals surface area contributed by atoms with Crippen molar-refractivity contribution in [2.45, 2.75) is 44.7 Å². The molecule has 0 saturated carbocycles. The van der Waals surface area contributed by atoms with Crippen molar-refractivity contribution in [3.63, 3.8) is 0 Å². The van der Waals surface area contributed by atoms with Crippen LogP contribution in [0.15, 0.2) is 30.3 Å². The van der Waals surface area contributed by atoms with Crippen molar-refractivity contribution in [3.05, 3.63) is 47.3 Å². The van der Waals surface area contributed by atoms with E-state index in [2.05, 4.69) is 41.6 Å². The molecule has 3 heterocycles. The number of anilines is 1. The molecular formula is C20H25N5O2. The van der Waals surface area contributed by atoms with Crippen LogP contribution in [0, 0.1) is 0 Å². The van der Waals surface area contributed by atoms with Crippen molar-refractivity contribution in [2.24, 2.45) is 0 Å². The summed E-state index contributed by atoms with van der Waals surface area (Å²) >= 11 is 0. The van der Waals surface area contributed by atoms with E-state index in [0.717, 1.165) is 11.4 Å². The zero-order chi connectivity index (χ0) is 19.2. The number of hydrogen-bond acceptors (Lipinski definition) is 4. The van der Waals surface area contributed by atoms with Crippen LogP contribution in [0.4, 0.5) is 5.69 Å². The number of fused-ring (bicyclic) bond motifs is 1. The Balaban J connectivity index is 1.46. The maximum absolute atomic E-state index is 12.8. The third-order valence-electron chi connectivity index (χ3n) is 5.41. The lowest BCUT2D eigenvalue weighted by Gasteiger charge is -2.45. The van der Waals surface area contributed by atoms with E-state index in [1.807, 2.05) is 35.2 Å². The summed E-state index contributed by atoms with van der Waals surface area (Å²) in [6.45, 7) is 7.36. The summed E-state index contributed by atoms with van der Waals surface area (Å²) in [7, 11) is 0. The molecule has 4 rings (SSSR count). The van der Waals surface area contributed by atoms with E-state index in [9.17, 15) is 9.59 Å². The Morgan fingerprint density at radius 2 is 1.85 bits per heavy atom. The van der Waals surface area contributed by atoms with E-state index in [1.54, 1.807) is 0 Å². The number of para-hydroxylation sites is 1. The largest absolute Gasteiger partial charge is 0.362 e. The highest BCUT2D eigenvalue weighted by Gasteiger charge is 2.41. The molecule has 2 aliphatic rings. The van der Waals surface area contributed by atoms with Gasteiger partial charge in [-0.2, -0.15) is 5.10 Å². The number of amides is 2. The summed E-state index contributed by atoms with van der Waals surface area (Å²) in [5.41, 5.74) is 2.32. The van der Waals surface area contributed by atoms with Gasteiger partial charge in [-0.15, -0.1) is 0 Å². The Bertz CT molecular complexity index is 888. The smallest absolute Gasteiger partial charge is 0.274 e. The van der Waals surface area contributed by atoms with Crippen LogP contribution in [0.5, 0.6) is 0 Å². The normalized spacial score (nSPS) is 18.6. The Morgan fingerprint density at radius 1 is 1.15 bits per heavy atom. The van der Waals surface area contributed by atoms with Crippen LogP contribution in [0.25, 0.3) is 0 Å². The highest BCUT2D eigenvalue weighted by molar-refractivity contribution is 6.02. The topological polar surface area (TPSA) is 90.1 Å². The second kappa shape index (κ2) is 6.11. The van der Waals surface area contributed by atoms with E-state index in [-0.39, 0.29) is 17.2 Å². The van der Waals surface area contributed by atoms with Gasteiger partial charge in [0.05, 0.1) is 5.56 Å². The van der Waals surface area contributed by atoms with E-state index >= 15 is 0 Å². The maximum atomic E-state index is 12.8. The molecule has 0 aliphatic carbocycles. The van der Waals surface area contributed by atoms with E-state index in [4.69, 9.17) is 0 Å². The molecule has 1 aromatic carbocycles. The van der Waals surface area contributed by atoms with E-state index < -0.39 is 5.66 Å². The van der Waals surface area contributed by atoms with Crippen molar-refractivity contribution in [1.82, 2.24) is 20.4 Å². The van der Waals surface area contributed by atoms with Crippen molar-refractivity contribution in [1.29, 1.82) is 0 Å². The lowest BCUT2D eigenvalue weighted by Crippen LogP contribution is -2.62. The highest BCUT2D eigenvalue weighted by Crippen LogP contribution is 2.31. The molecule has 3 N–H and O–H groups in total. The number of hydrogen-bond donors (Lipinski definition) is 3. The van der Waals surface area contributed by atoms with Crippen LogP contribution in [-0.4, -0.2) is 45.7 Å². The number of nitrogens with zero attached hydrogens (tertiary/aromatic N) is 2. The third kappa shape index (κ3) is 3.18. The Labute approximate surface area is 158 Å². The molecule has 7 nitrogen and oxygen atoms in total. The molecular weight excluding hydrogens is 342 g/mol. The van der Waals surface area contributed by atoms with Gasteiger partial charge < -0.3 is 15.5 Å². The Hall–Kier alpha value is -2.83. The number of nitrogens with one attached hydrogen (secondary N) is 3. The lowest BCUT2D eigenvalue weighted by atomic mass is 9.91. The highest BCUT2D eigenvalue weighted by atomic mass is 16.2. The molecule has 2 amide bonds. The van der Waals surface area contributed by atoms with Crippen LogP contribution < -0.4 is 10.6 Å². The van der Waals surface area contributed by atoms with Gasteiger partial charge in [-0.25, -0.2) is 0 Å². The first kappa shape index (κ1) is 17.6. The number of carbonyl (C=O) groups is 2. The first-order valence-corrected chi connectivity index (χ1v) is 9.32. The van der Waals surface area contributed by atoms with Gasteiger partial charge in [-0.1, -0.05) is 32.9 Å². The zero-order valence-corrected chi connectivity index (χ0v) is 15.9. The molecule has 0 atom stereocenters. The number of H-pyrrole nitrogens is 1. The minimum Gasteiger partial charge on any atom is -0.362 e. The van der Waals surface area contributed by atoms with Gasteiger partial charge >= 0.3 is 0 Å². The minimum atomic E-state index is -0.496. The van der Waals surface area contributed by atoms with Gasteiger partial charge in [0, 0.05) is 42.7 Å². The van der Waals surface area contributed by atoms with Gasteiger partial charge in [-0.3, -0.25) is 14.7 Å². The summed E-state index contributed by atoms with van der Waals surface area (Å²) in [4.78, 5) is 27.1. The summed E-state index contributed by atoms with van der Waals surface area (Å²) in [5, 5.41) is 13.8. The van der Waals surface area contributed by atoms with Crippen LogP contribution in [0.1, 0.15) is 60.2 Å². The Morgan fingerprint density at radius 3 is 2.52 bits per heavy atom. The standard InChI is InChI=1S/C20H25N5O2/c1-19(2,3)16-12-15(23-24-16)18(27)25-10-8-20(9-11-25)21-14-7-5-4-6-13(14)17(26)22-20/h4-7,12,21H,8-11H2,1-3H3,(H,22,26)(H,23,24). The molecule has 142 valence electrons. The predicted molar refractivity (Wildman–Crippen MR) is 103 cm³/mol. The number of likely N-dealkylation sites (tertiary alicyclic amines) is 1. The first-order chi connectivity index (χ1) is 12.8. The van der Waals surface area contributed by atoms with E-state index in [0.29, 0.717) is 37.2 Å². The summed E-state index contributed by atoms with van der Waals surface area (Å²) in [6, 6.07) is 9.35. The maximum Gasteiger partial charge on any atom is 0.274 e. The van der Waals surface area contributed by atoms with Crippen LogP contribution in [-0.2, 0) is 5.41 Å². The van der Waals surface area contributed by atoms with Gasteiger partial charge in [0.2, 0.25) is 0 Å². The minimum absolute atomic E-state index is 0.0637. The van der Waals surface area contributed by atoms with Crippen molar-refractivity contribution < 1.29 is 9.59 Å². The molecule has 1 aromatic heterocycles. The number of aromatic amines is 1. The SMILES string of the molecule is CC(C)(C)c1cc(C(=O)N2CCC3(CC2)NC(=O)c2ccccc2N3)n[nH]1. The summed E-state index contributed by atoms with van der Waals surface area (Å²) in [5.74, 6) is -0.134. The molecule has 0 bridgehead atoms. The van der Waals surface area contributed by atoms with Crippen molar-refractivity contribution in [3.8, 4) is 0 Å².